The Bertz CT molecular complexity index is 1430. The average Bonchev–Trinajstić information content (AvgIpc) is 3.30. The van der Waals surface area contributed by atoms with E-state index in [9.17, 15) is 4.79 Å². The fourth-order valence-electron chi connectivity index (χ4n) is 2.94. The number of nitrogens with one attached hydrogen (secondary N) is 1. The summed E-state index contributed by atoms with van der Waals surface area (Å²) < 4.78 is 10.8. The molecule has 3 aromatic carbocycles. The van der Waals surface area contributed by atoms with Crippen molar-refractivity contribution in [2.45, 2.75) is 0 Å². The maximum absolute atomic E-state index is 12.5. The van der Waals surface area contributed by atoms with Gasteiger partial charge in [0, 0.05) is 16.0 Å². The van der Waals surface area contributed by atoms with Gasteiger partial charge in [-0.2, -0.15) is 5.10 Å². The minimum Gasteiger partial charge on any atom is -0.493 e. The van der Waals surface area contributed by atoms with E-state index in [2.05, 4.69) is 15.5 Å². The number of halogens is 4. The van der Waals surface area contributed by atoms with Crippen molar-refractivity contribution in [3.63, 3.8) is 0 Å². The second kappa shape index (κ2) is 11.3. The van der Waals surface area contributed by atoms with Crippen LogP contribution in [0.2, 0.25) is 20.1 Å². The molecule has 1 heterocycles. The molecule has 11 heteroatoms. The Hall–Kier alpha value is -2.81. The Morgan fingerprint density at radius 2 is 1.80 bits per heavy atom. The van der Waals surface area contributed by atoms with Crippen LogP contribution in [-0.4, -0.2) is 24.3 Å². The van der Waals surface area contributed by atoms with Crippen molar-refractivity contribution in [3.05, 3.63) is 91.2 Å². The Morgan fingerprint density at radius 1 is 0.971 bits per heavy atom. The molecule has 0 spiro atoms. The SMILES string of the molecule is COc1cc(C=NNc2nc(-c3ccc(Cl)cc3Cl)cs2)ccc1OC(=O)c1ccc(Cl)c(Cl)c1. The van der Waals surface area contributed by atoms with E-state index >= 15 is 0 Å². The summed E-state index contributed by atoms with van der Waals surface area (Å²) >= 11 is 25.5. The van der Waals surface area contributed by atoms with E-state index in [1.54, 1.807) is 36.5 Å². The van der Waals surface area contributed by atoms with E-state index in [4.69, 9.17) is 55.9 Å². The second-order valence-electron chi connectivity index (χ2n) is 6.96. The fraction of sp³-hybridized carbons (Fsp3) is 0.0417. The topological polar surface area (TPSA) is 72.8 Å². The molecule has 0 bridgehead atoms. The zero-order chi connectivity index (χ0) is 24.9. The number of rotatable bonds is 7. The molecule has 0 aliphatic carbocycles. The summed E-state index contributed by atoms with van der Waals surface area (Å²) in [6.07, 6.45) is 1.59. The molecule has 0 unspecified atom stereocenters. The van der Waals surface area contributed by atoms with Gasteiger partial charge in [-0.1, -0.05) is 46.4 Å². The molecule has 4 aromatic rings. The van der Waals surface area contributed by atoms with Crippen molar-refractivity contribution < 1.29 is 14.3 Å². The average molecular weight is 567 g/mol. The third-order valence-electron chi connectivity index (χ3n) is 4.63. The quantitative estimate of drug-likeness (QED) is 0.106. The van der Waals surface area contributed by atoms with Crippen LogP contribution in [0.5, 0.6) is 11.5 Å². The van der Waals surface area contributed by atoms with Gasteiger partial charge in [-0.05, 0) is 60.2 Å². The second-order valence-corrected chi connectivity index (χ2v) is 9.48. The highest BCUT2D eigenvalue weighted by atomic mass is 35.5. The van der Waals surface area contributed by atoms with E-state index in [1.807, 2.05) is 11.4 Å². The minimum atomic E-state index is -0.592. The number of ether oxygens (including phenoxy) is 2. The summed E-state index contributed by atoms with van der Waals surface area (Å²) in [7, 11) is 1.48. The van der Waals surface area contributed by atoms with Crippen LogP contribution in [0.4, 0.5) is 5.13 Å². The maximum Gasteiger partial charge on any atom is 0.343 e. The van der Waals surface area contributed by atoms with Gasteiger partial charge >= 0.3 is 5.97 Å². The van der Waals surface area contributed by atoms with Crippen LogP contribution in [0.15, 0.2) is 65.1 Å². The lowest BCUT2D eigenvalue weighted by molar-refractivity contribution is 0.0729. The first-order chi connectivity index (χ1) is 16.8. The summed E-state index contributed by atoms with van der Waals surface area (Å²) in [4.78, 5) is 17.0. The lowest BCUT2D eigenvalue weighted by atomic mass is 10.2. The smallest absolute Gasteiger partial charge is 0.343 e. The van der Waals surface area contributed by atoms with Crippen LogP contribution >= 0.6 is 57.7 Å². The summed E-state index contributed by atoms with van der Waals surface area (Å²) in [5, 5.41) is 8.35. The van der Waals surface area contributed by atoms with Crippen molar-refractivity contribution in [2.75, 3.05) is 12.5 Å². The molecule has 6 nitrogen and oxygen atoms in total. The van der Waals surface area contributed by atoms with Gasteiger partial charge < -0.3 is 9.47 Å². The third kappa shape index (κ3) is 6.25. The number of aromatic nitrogens is 1. The van der Waals surface area contributed by atoms with E-state index in [-0.39, 0.29) is 16.3 Å². The molecule has 0 atom stereocenters. The summed E-state index contributed by atoms with van der Waals surface area (Å²) in [6.45, 7) is 0. The number of hydrogen-bond donors (Lipinski definition) is 1. The van der Waals surface area contributed by atoms with E-state index in [0.29, 0.717) is 37.2 Å². The molecular weight excluding hydrogens is 552 g/mol. The molecule has 1 aromatic heterocycles. The summed E-state index contributed by atoms with van der Waals surface area (Å²) in [5.41, 5.74) is 5.35. The first-order valence-electron chi connectivity index (χ1n) is 9.89. The monoisotopic (exact) mass is 565 g/mol. The van der Waals surface area contributed by atoms with Gasteiger partial charge in [0.05, 0.1) is 39.6 Å². The van der Waals surface area contributed by atoms with Crippen LogP contribution in [0, 0.1) is 0 Å². The Labute approximate surface area is 225 Å². The molecule has 0 amide bonds. The highest BCUT2D eigenvalue weighted by molar-refractivity contribution is 7.14. The van der Waals surface area contributed by atoms with Crippen LogP contribution in [0.3, 0.4) is 0 Å². The fourth-order valence-corrected chi connectivity index (χ4v) is 4.40. The maximum atomic E-state index is 12.5. The van der Waals surface area contributed by atoms with Gasteiger partial charge in [-0.3, -0.25) is 5.43 Å². The van der Waals surface area contributed by atoms with Gasteiger partial charge in [0.2, 0.25) is 5.13 Å². The van der Waals surface area contributed by atoms with Gasteiger partial charge in [0.1, 0.15) is 0 Å². The van der Waals surface area contributed by atoms with Gasteiger partial charge in [-0.25, -0.2) is 9.78 Å². The minimum absolute atomic E-state index is 0.248. The van der Waals surface area contributed by atoms with Gasteiger partial charge in [-0.15, -0.1) is 11.3 Å². The molecule has 35 heavy (non-hydrogen) atoms. The van der Waals surface area contributed by atoms with Gasteiger partial charge in [0.15, 0.2) is 11.5 Å². The predicted molar refractivity (Wildman–Crippen MR) is 143 cm³/mol. The van der Waals surface area contributed by atoms with E-state index in [1.165, 1.54) is 36.6 Å². The zero-order valence-corrected chi connectivity index (χ0v) is 21.7. The standard InChI is InChI=1S/C24H15Cl4N3O3S/c1-33-22-8-13(2-7-21(22)34-23(32)14-3-6-17(26)19(28)9-14)11-29-31-24-30-20(12-35-24)16-5-4-15(25)10-18(16)27/h2-12H,1H3,(H,30,31). The zero-order valence-electron chi connectivity index (χ0n) is 17.9. The van der Waals surface area contributed by atoms with E-state index < -0.39 is 5.97 Å². The van der Waals surface area contributed by atoms with Crippen molar-refractivity contribution in [1.82, 2.24) is 4.98 Å². The molecule has 0 fully saturated rings. The molecule has 0 saturated carbocycles. The van der Waals surface area contributed by atoms with Crippen LogP contribution < -0.4 is 14.9 Å². The van der Waals surface area contributed by atoms with Crippen molar-refractivity contribution >= 4 is 75.1 Å². The first-order valence-corrected chi connectivity index (χ1v) is 12.3. The first kappa shape index (κ1) is 25.3. The number of esters is 1. The third-order valence-corrected chi connectivity index (χ3v) is 6.66. The molecule has 0 aliphatic rings. The summed E-state index contributed by atoms with van der Waals surface area (Å²) in [5.74, 6) is 0.0136. The van der Waals surface area contributed by atoms with E-state index in [0.717, 1.165) is 5.56 Å². The number of carbonyl (C=O) groups excluding carboxylic acids is 1. The molecule has 178 valence electrons. The number of anilines is 1. The van der Waals surface area contributed by atoms with Gasteiger partial charge in [0.25, 0.3) is 0 Å². The van der Waals surface area contributed by atoms with Crippen molar-refractivity contribution in [2.24, 2.45) is 5.10 Å². The Morgan fingerprint density at radius 3 is 2.54 bits per heavy atom. The number of hydrogen-bond acceptors (Lipinski definition) is 7. The van der Waals surface area contributed by atoms with Crippen LogP contribution in [0.25, 0.3) is 11.3 Å². The van der Waals surface area contributed by atoms with Crippen LogP contribution in [-0.2, 0) is 0 Å². The Balaban J connectivity index is 1.43. The number of benzene rings is 3. The molecule has 1 N–H and O–H groups in total. The lowest BCUT2D eigenvalue weighted by Crippen LogP contribution is -2.09. The van der Waals surface area contributed by atoms with Crippen LogP contribution in [0.1, 0.15) is 15.9 Å². The number of nitrogens with zero attached hydrogens (tertiary/aromatic N) is 2. The molecule has 0 aliphatic heterocycles. The van der Waals surface area contributed by atoms with Crippen molar-refractivity contribution in [3.8, 4) is 22.8 Å². The normalized spacial score (nSPS) is 11.0. The molecule has 0 saturated heterocycles. The highest BCUT2D eigenvalue weighted by Gasteiger charge is 2.14. The lowest BCUT2D eigenvalue weighted by Gasteiger charge is -2.10. The highest BCUT2D eigenvalue weighted by Crippen LogP contribution is 2.33. The number of thiazole rings is 1. The molecular formula is C24H15Cl4N3O3S. The number of carbonyl (C=O) groups is 1. The largest absolute Gasteiger partial charge is 0.493 e. The summed E-state index contributed by atoms with van der Waals surface area (Å²) in [6, 6.07) is 14.8. The van der Waals surface area contributed by atoms with Crippen molar-refractivity contribution in [1.29, 1.82) is 0 Å². The number of hydrazone groups is 1. The Kier molecular flexibility index (Phi) is 8.15. The molecule has 0 radical (unpaired) electrons. The predicted octanol–water partition coefficient (Wildman–Crippen LogP) is 8.10. The molecule has 4 rings (SSSR count). The number of methoxy groups -OCH3 is 1.